The van der Waals surface area contributed by atoms with Crippen molar-refractivity contribution in [2.75, 3.05) is 26.9 Å². The van der Waals surface area contributed by atoms with Gasteiger partial charge in [0.15, 0.2) is 0 Å². The van der Waals surface area contributed by atoms with E-state index < -0.39 is 10.0 Å². The van der Waals surface area contributed by atoms with Gasteiger partial charge in [0.2, 0.25) is 15.9 Å². The molecule has 8 nitrogen and oxygen atoms in total. The number of carbonyl (C=O) groups is 1. The highest BCUT2D eigenvalue weighted by molar-refractivity contribution is 7.89. The summed E-state index contributed by atoms with van der Waals surface area (Å²) in [6, 6.07) is 11.7. The lowest BCUT2D eigenvalue weighted by molar-refractivity contribution is 0.0950. The number of ether oxygens (including phenoxy) is 2. The first-order chi connectivity index (χ1) is 16.0. The number of sulfonamides is 1. The van der Waals surface area contributed by atoms with Crippen molar-refractivity contribution in [1.29, 1.82) is 0 Å². The molecule has 174 valence electrons. The predicted molar refractivity (Wildman–Crippen MR) is 125 cm³/mol. The first-order valence-electron chi connectivity index (χ1n) is 10.5. The van der Waals surface area contributed by atoms with E-state index in [9.17, 15) is 13.2 Å². The van der Waals surface area contributed by atoms with Crippen LogP contribution < -0.4 is 10.1 Å². The summed E-state index contributed by atoms with van der Waals surface area (Å²) in [4.78, 5) is 18.2. The molecule has 1 aromatic carbocycles. The molecular formula is C23H25N3O5S2. The zero-order valence-corrected chi connectivity index (χ0v) is 19.8. The van der Waals surface area contributed by atoms with E-state index in [1.54, 1.807) is 42.8 Å². The molecular weight excluding hydrogens is 462 g/mol. The number of rotatable bonds is 9. The number of amides is 1. The van der Waals surface area contributed by atoms with Crippen molar-refractivity contribution in [3.05, 3.63) is 75.6 Å². The van der Waals surface area contributed by atoms with E-state index in [1.807, 2.05) is 17.5 Å². The zero-order valence-electron chi connectivity index (χ0n) is 18.2. The molecule has 3 aromatic rings. The molecule has 1 aliphatic heterocycles. The van der Waals surface area contributed by atoms with Crippen LogP contribution in [0, 0.1) is 0 Å². The number of benzene rings is 1. The molecule has 0 fully saturated rings. The van der Waals surface area contributed by atoms with Crippen molar-refractivity contribution >= 4 is 27.3 Å². The Balaban J connectivity index is 1.38. The van der Waals surface area contributed by atoms with Gasteiger partial charge in [-0.3, -0.25) is 4.79 Å². The van der Waals surface area contributed by atoms with Crippen LogP contribution in [0.15, 0.2) is 58.9 Å². The maximum Gasteiger partial charge on any atom is 0.251 e. The first-order valence-corrected chi connectivity index (χ1v) is 12.8. The van der Waals surface area contributed by atoms with Gasteiger partial charge in [0.25, 0.3) is 5.91 Å². The molecule has 0 bridgehead atoms. The highest BCUT2D eigenvalue weighted by Gasteiger charge is 2.29. The number of aromatic nitrogens is 1. The zero-order chi connectivity index (χ0) is 23.3. The van der Waals surface area contributed by atoms with Gasteiger partial charge in [-0.05, 0) is 47.2 Å². The lowest BCUT2D eigenvalue weighted by Gasteiger charge is -2.26. The fourth-order valence-electron chi connectivity index (χ4n) is 3.49. The van der Waals surface area contributed by atoms with E-state index in [-0.39, 0.29) is 22.9 Å². The number of hydrogen-bond acceptors (Lipinski definition) is 7. The smallest absolute Gasteiger partial charge is 0.251 e. The van der Waals surface area contributed by atoms with Crippen molar-refractivity contribution in [3.8, 4) is 5.88 Å². The van der Waals surface area contributed by atoms with E-state index >= 15 is 0 Å². The van der Waals surface area contributed by atoms with Gasteiger partial charge in [0.1, 0.15) is 6.61 Å². The van der Waals surface area contributed by atoms with E-state index in [0.717, 1.165) is 11.1 Å². The number of hydrogen-bond donors (Lipinski definition) is 1. The van der Waals surface area contributed by atoms with Crippen LogP contribution >= 0.6 is 11.3 Å². The molecule has 0 radical (unpaired) electrons. The van der Waals surface area contributed by atoms with Gasteiger partial charge in [-0.2, -0.15) is 4.31 Å². The van der Waals surface area contributed by atoms with Crippen LogP contribution in [-0.4, -0.2) is 50.5 Å². The first kappa shape index (κ1) is 23.4. The number of methoxy groups -OCH3 is 1. The number of carbonyl (C=O) groups excluding carboxylic acids is 1. The summed E-state index contributed by atoms with van der Waals surface area (Å²) in [6.07, 6.45) is 2.33. The molecule has 0 aliphatic carbocycles. The van der Waals surface area contributed by atoms with E-state index in [4.69, 9.17) is 9.47 Å². The van der Waals surface area contributed by atoms with Gasteiger partial charge in [-0.15, -0.1) is 11.3 Å². The standard InChI is InChI=1S/C23H25N3O5S2/c1-30-10-11-31-22-6-5-17(14-24-22)15-25-23(27)18-3-2-4-20(13-18)33(28,29)26-9-7-21-19(16-26)8-12-32-21/h2-6,8,12-14H,7,9-11,15-16H2,1H3,(H,25,27). The molecule has 33 heavy (non-hydrogen) atoms. The van der Waals surface area contributed by atoms with Crippen LogP contribution in [0.5, 0.6) is 5.88 Å². The third-order valence-electron chi connectivity index (χ3n) is 5.29. The van der Waals surface area contributed by atoms with Gasteiger partial charge in [-0.1, -0.05) is 12.1 Å². The summed E-state index contributed by atoms with van der Waals surface area (Å²) >= 11 is 1.66. The fourth-order valence-corrected chi connectivity index (χ4v) is 5.84. The molecule has 1 amide bonds. The van der Waals surface area contributed by atoms with Crippen molar-refractivity contribution in [2.24, 2.45) is 0 Å². The Morgan fingerprint density at radius 2 is 2.09 bits per heavy atom. The Morgan fingerprint density at radius 1 is 1.21 bits per heavy atom. The maximum absolute atomic E-state index is 13.2. The molecule has 0 unspecified atom stereocenters. The Labute approximate surface area is 197 Å². The van der Waals surface area contributed by atoms with Gasteiger partial charge in [0, 0.05) is 49.4 Å². The number of nitrogens with zero attached hydrogens (tertiary/aromatic N) is 2. The SMILES string of the molecule is COCCOc1ccc(CNC(=O)c2cccc(S(=O)(=O)N3CCc4sccc4C3)c2)cn1. The van der Waals surface area contributed by atoms with Crippen LogP contribution in [0.25, 0.3) is 0 Å². The second kappa shape index (κ2) is 10.4. The predicted octanol–water partition coefficient (Wildman–Crippen LogP) is 2.85. The Hall–Kier alpha value is -2.79. The van der Waals surface area contributed by atoms with Crippen molar-refractivity contribution < 1.29 is 22.7 Å². The van der Waals surface area contributed by atoms with Gasteiger partial charge < -0.3 is 14.8 Å². The third kappa shape index (κ3) is 5.59. The number of pyridine rings is 1. The largest absolute Gasteiger partial charge is 0.475 e. The lowest BCUT2D eigenvalue weighted by Crippen LogP contribution is -2.35. The summed E-state index contributed by atoms with van der Waals surface area (Å²) in [5.41, 5.74) is 2.13. The molecule has 1 N–H and O–H groups in total. The van der Waals surface area contributed by atoms with Crippen LogP contribution in [0.1, 0.15) is 26.4 Å². The van der Waals surface area contributed by atoms with Crippen molar-refractivity contribution in [3.63, 3.8) is 0 Å². The molecule has 3 heterocycles. The quantitative estimate of drug-likeness (QED) is 0.466. The second-order valence-corrected chi connectivity index (χ2v) is 10.5. The van der Waals surface area contributed by atoms with Crippen LogP contribution in [0.3, 0.4) is 0 Å². The van der Waals surface area contributed by atoms with Crippen LogP contribution in [0.4, 0.5) is 0 Å². The minimum atomic E-state index is -3.70. The Kier molecular flexibility index (Phi) is 7.39. The van der Waals surface area contributed by atoms with Crippen LogP contribution in [-0.2, 0) is 34.3 Å². The summed E-state index contributed by atoms with van der Waals surface area (Å²) < 4.78 is 38.2. The molecule has 0 spiro atoms. The minimum absolute atomic E-state index is 0.119. The van der Waals surface area contributed by atoms with Crippen molar-refractivity contribution in [1.82, 2.24) is 14.6 Å². The summed E-state index contributed by atoms with van der Waals surface area (Å²) in [7, 11) is -2.10. The summed E-state index contributed by atoms with van der Waals surface area (Å²) in [5, 5.41) is 4.80. The highest BCUT2D eigenvalue weighted by atomic mass is 32.2. The van der Waals surface area contributed by atoms with E-state index in [2.05, 4.69) is 10.3 Å². The third-order valence-corrected chi connectivity index (χ3v) is 8.16. The monoisotopic (exact) mass is 487 g/mol. The van der Waals surface area contributed by atoms with Crippen LogP contribution in [0.2, 0.25) is 0 Å². The topological polar surface area (TPSA) is 97.8 Å². The lowest BCUT2D eigenvalue weighted by atomic mass is 10.1. The Morgan fingerprint density at radius 3 is 2.88 bits per heavy atom. The molecule has 0 saturated carbocycles. The molecule has 2 aromatic heterocycles. The number of thiophene rings is 1. The van der Waals surface area contributed by atoms with Gasteiger partial charge in [-0.25, -0.2) is 13.4 Å². The summed E-state index contributed by atoms with van der Waals surface area (Å²) in [5.74, 6) is 0.124. The fraction of sp³-hybridized carbons (Fsp3) is 0.304. The molecule has 10 heteroatoms. The average molecular weight is 488 g/mol. The number of fused-ring (bicyclic) bond motifs is 1. The number of nitrogens with one attached hydrogen (secondary N) is 1. The highest BCUT2D eigenvalue weighted by Crippen LogP contribution is 2.28. The van der Waals surface area contributed by atoms with E-state index in [0.29, 0.717) is 38.6 Å². The second-order valence-electron chi connectivity index (χ2n) is 7.51. The summed E-state index contributed by atoms with van der Waals surface area (Å²) in [6.45, 7) is 1.93. The van der Waals surface area contributed by atoms with E-state index in [1.165, 1.54) is 21.3 Å². The molecule has 0 saturated heterocycles. The minimum Gasteiger partial charge on any atom is -0.475 e. The van der Waals surface area contributed by atoms with Gasteiger partial charge in [0.05, 0.1) is 11.5 Å². The normalized spacial score (nSPS) is 14.0. The van der Waals surface area contributed by atoms with Gasteiger partial charge >= 0.3 is 0 Å². The molecule has 0 atom stereocenters. The molecule has 1 aliphatic rings. The average Bonchev–Trinajstić information content (AvgIpc) is 3.32. The Bertz CT molecular complexity index is 1210. The maximum atomic E-state index is 13.2. The van der Waals surface area contributed by atoms with Crippen molar-refractivity contribution in [2.45, 2.75) is 24.4 Å². The molecule has 4 rings (SSSR count).